The first-order valence-corrected chi connectivity index (χ1v) is 4.33. The van der Waals surface area contributed by atoms with Crippen molar-refractivity contribution in [2.75, 3.05) is 0 Å². The lowest BCUT2D eigenvalue weighted by Crippen LogP contribution is -2.27. The zero-order valence-electron chi connectivity index (χ0n) is 7.23. The van der Waals surface area contributed by atoms with E-state index in [1.165, 1.54) is 0 Å². The third-order valence-electron chi connectivity index (χ3n) is 2.40. The molecule has 0 spiro atoms. The second kappa shape index (κ2) is 4.61. The average Bonchev–Trinajstić information content (AvgIpc) is 2.18. The molecule has 2 atom stereocenters. The third kappa shape index (κ3) is 2.28. The van der Waals surface area contributed by atoms with Gasteiger partial charge in [0.05, 0.1) is 17.9 Å². The van der Waals surface area contributed by atoms with Gasteiger partial charge in [-0.15, -0.1) is 0 Å². The van der Waals surface area contributed by atoms with Crippen LogP contribution >= 0.6 is 0 Å². The molecule has 4 nitrogen and oxygen atoms in total. The zero-order valence-corrected chi connectivity index (χ0v) is 7.23. The molecule has 4 heteroatoms. The van der Waals surface area contributed by atoms with Gasteiger partial charge in [0, 0.05) is 0 Å². The molecule has 0 bridgehead atoms. The minimum Gasteiger partial charge on any atom is -0.395 e. The van der Waals surface area contributed by atoms with Gasteiger partial charge in [-0.25, -0.2) is 0 Å². The first-order valence-electron chi connectivity index (χ1n) is 4.33. The van der Waals surface area contributed by atoms with Crippen molar-refractivity contribution in [3.63, 3.8) is 0 Å². The summed E-state index contributed by atoms with van der Waals surface area (Å²) in [5, 5.41) is 8.73. The molecular weight excluding hydrogens is 170 g/mol. The average molecular weight is 181 g/mol. The molecule has 70 valence electrons. The summed E-state index contributed by atoms with van der Waals surface area (Å²) in [4.78, 5) is 21.1. The van der Waals surface area contributed by atoms with E-state index in [0.717, 1.165) is 19.3 Å². The van der Waals surface area contributed by atoms with Crippen LogP contribution in [0.25, 0.3) is 0 Å². The van der Waals surface area contributed by atoms with Crippen molar-refractivity contribution >= 4 is 12.4 Å². The second-order valence-electron chi connectivity index (χ2n) is 3.16. The van der Waals surface area contributed by atoms with Crippen molar-refractivity contribution < 1.29 is 14.3 Å². The van der Waals surface area contributed by atoms with Gasteiger partial charge in [0.15, 0.2) is 0 Å². The van der Waals surface area contributed by atoms with Crippen LogP contribution in [0, 0.1) is 23.2 Å². The molecule has 13 heavy (non-hydrogen) atoms. The van der Waals surface area contributed by atoms with Gasteiger partial charge in [-0.3, -0.25) is 9.59 Å². The molecular formula is C9H11NO3. The van der Waals surface area contributed by atoms with E-state index in [9.17, 15) is 9.59 Å². The van der Waals surface area contributed by atoms with Gasteiger partial charge in [0.2, 0.25) is 0 Å². The van der Waals surface area contributed by atoms with Gasteiger partial charge >= 0.3 is 12.4 Å². The first kappa shape index (κ1) is 9.72. The van der Waals surface area contributed by atoms with E-state index in [1.807, 2.05) is 0 Å². The SMILES string of the molecule is N#CC1CCCCC1C(=O)OC=O. The Kier molecular flexibility index (Phi) is 3.44. The number of hydrogen-bond acceptors (Lipinski definition) is 4. The first-order chi connectivity index (χ1) is 6.29. The summed E-state index contributed by atoms with van der Waals surface area (Å²) in [5.74, 6) is -1.23. The van der Waals surface area contributed by atoms with E-state index >= 15 is 0 Å². The molecule has 1 saturated carbocycles. The Hall–Kier alpha value is -1.37. The molecule has 1 aliphatic carbocycles. The number of nitriles is 1. The van der Waals surface area contributed by atoms with E-state index in [1.54, 1.807) is 0 Å². The van der Waals surface area contributed by atoms with Crippen LogP contribution in [0.3, 0.4) is 0 Å². The Bertz CT molecular complexity index is 244. The standard InChI is InChI=1S/C9H11NO3/c10-5-7-3-1-2-4-8(7)9(12)13-6-11/h6-8H,1-4H2. The van der Waals surface area contributed by atoms with Crippen molar-refractivity contribution in [2.45, 2.75) is 25.7 Å². The zero-order chi connectivity index (χ0) is 9.68. The van der Waals surface area contributed by atoms with Crippen LogP contribution in [0.2, 0.25) is 0 Å². The number of carbonyl (C=O) groups excluding carboxylic acids is 2. The summed E-state index contributed by atoms with van der Waals surface area (Å²) < 4.78 is 4.24. The minimum atomic E-state index is -0.554. The summed E-state index contributed by atoms with van der Waals surface area (Å²) >= 11 is 0. The van der Waals surface area contributed by atoms with Gasteiger partial charge in [-0.05, 0) is 12.8 Å². The minimum absolute atomic E-state index is 0.130. The molecule has 0 aliphatic heterocycles. The highest BCUT2D eigenvalue weighted by Crippen LogP contribution is 2.30. The third-order valence-corrected chi connectivity index (χ3v) is 2.40. The van der Waals surface area contributed by atoms with Crippen molar-refractivity contribution in [2.24, 2.45) is 11.8 Å². The van der Waals surface area contributed by atoms with Gasteiger partial charge in [-0.2, -0.15) is 5.26 Å². The number of nitrogens with zero attached hydrogens (tertiary/aromatic N) is 1. The van der Waals surface area contributed by atoms with E-state index in [2.05, 4.69) is 10.8 Å². The molecule has 0 radical (unpaired) electrons. The van der Waals surface area contributed by atoms with Crippen molar-refractivity contribution in [3.8, 4) is 6.07 Å². The molecule has 1 aliphatic rings. The number of carbonyl (C=O) groups is 2. The van der Waals surface area contributed by atoms with Crippen LogP contribution < -0.4 is 0 Å². The second-order valence-corrected chi connectivity index (χ2v) is 3.16. The molecule has 0 N–H and O–H groups in total. The molecule has 0 aromatic rings. The van der Waals surface area contributed by atoms with Crippen molar-refractivity contribution in [3.05, 3.63) is 0 Å². The molecule has 2 unspecified atom stereocenters. The highest BCUT2D eigenvalue weighted by atomic mass is 16.6. The Labute approximate surface area is 76.5 Å². The van der Waals surface area contributed by atoms with Crippen LogP contribution in [0.5, 0.6) is 0 Å². The largest absolute Gasteiger partial charge is 0.395 e. The van der Waals surface area contributed by atoms with E-state index in [0.29, 0.717) is 6.42 Å². The smallest absolute Gasteiger partial charge is 0.317 e. The molecule has 1 fully saturated rings. The lowest BCUT2D eigenvalue weighted by Gasteiger charge is -2.23. The number of ether oxygens (including phenoxy) is 1. The van der Waals surface area contributed by atoms with E-state index in [-0.39, 0.29) is 12.4 Å². The maximum absolute atomic E-state index is 11.2. The highest BCUT2D eigenvalue weighted by Gasteiger charge is 2.32. The number of esters is 1. The quantitative estimate of drug-likeness (QED) is 0.362. The maximum atomic E-state index is 11.2. The molecule has 0 aromatic heterocycles. The molecule has 1 rings (SSSR count). The van der Waals surface area contributed by atoms with Crippen LogP contribution in [0.1, 0.15) is 25.7 Å². The maximum Gasteiger partial charge on any atom is 0.317 e. The summed E-state index contributed by atoms with van der Waals surface area (Å²) in [6.45, 7) is 0.130. The fourth-order valence-corrected chi connectivity index (χ4v) is 1.70. The summed E-state index contributed by atoms with van der Waals surface area (Å²) in [6, 6.07) is 2.08. The Morgan fingerprint density at radius 3 is 2.77 bits per heavy atom. The number of rotatable bonds is 2. The van der Waals surface area contributed by atoms with E-state index < -0.39 is 11.9 Å². The van der Waals surface area contributed by atoms with Crippen LogP contribution in [-0.4, -0.2) is 12.4 Å². The molecule has 0 saturated heterocycles. The van der Waals surface area contributed by atoms with Crippen molar-refractivity contribution in [1.29, 1.82) is 5.26 Å². The Balaban J connectivity index is 2.59. The van der Waals surface area contributed by atoms with Crippen LogP contribution in [0.15, 0.2) is 0 Å². The predicted molar refractivity (Wildman–Crippen MR) is 43.2 cm³/mol. The molecule has 0 amide bonds. The van der Waals surface area contributed by atoms with Gasteiger partial charge < -0.3 is 4.74 Å². The summed E-state index contributed by atoms with van der Waals surface area (Å²) in [5.41, 5.74) is 0. The summed E-state index contributed by atoms with van der Waals surface area (Å²) in [6.07, 6.45) is 3.29. The Morgan fingerprint density at radius 1 is 1.46 bits per heavy atom. The fourth-order valence-electron chi connectivity index (χ4n) is 1.70. The van der Waals surface area contributed by atoms with Crippen LogP contribution in [0.4, 0.5) is 0 Å². The lowest BCUT2D eigenvalue weighted by molar-refractivity contribution is -0.156. The van der Waals surface area contributed by atoms with Crippen LogP contribution in [-0.2, 0) is 14.3 Å². The molecule has 0 aromatic carbocycles. The van der Waals surface area contributed by atoms with Crippen molar-refractivity contribution in [1.82, 2.24) is 0 Å². The highest BCUT2D eigenvalue weighted by molar-refractivity contribution is 5.79. The predicted octanol–water partition coefficient (Wildman–Crippen LogP) is 1.02. The van der Waals surface area contributed by atoms with Gasteiger partial charge in [-0.1, -0.05) is 12.8 Å². The van der Waals surface area contributed by atoms with Gasteiger partial charge in [0.1, 0.15) is 0 Å². The lowest BCUT2D eigenvalue weighted by atomic mass is 9.80. The monoisotopic (exact) mass is 181 g/mol. The number of hydrogen-bond donors (Lipinski definition) is 0. The van der Waals surface area contributed by atoms with E-state index in [4.69, 9.17) is 5.26 Å². The normalized spacial score (nSPS) is 27.3. The van der Waals surface area contributed by atoms with Gasteiger partial charge in [0.25, 0.3) is 0 Å². The topological polar surface area (TPSA) is 67.2 Å². The fraction of sp³-hybridized carbons (Fsp3) is 0.667. The summed E-state index contributed by atoms with van der Waals surface area (Å²) in [7, 11) is 0. The Morgan fingerprint density at radius 2 is 2.15 bits per heavy atom. The molecule has 0 heterocycles.